The van der Waals surface area contributed by atoms with Gasteiger partial charge in [0, 0.05) is 0 Å². The lowest BCUT2D eigenvalue weighted by molar-refractivity contribution is -0.167. The van der Waals surface area contributed by atoms with Crippen LogP contribution in [0.5, 0.6) is 0 Å². The molecule has 2 aliphatic carbocycles. The van der Waals surface area contributed by atoms with Crippen molar-refractivity contribution in [2.24, 2.45) is 23.7 Å². The maximum absolute atomic E-state index is 13.4. The second kappa shape index (κ2) is 25.0. The molecule has 294 valence electrons. The molecule has 8 heteroatoms. The molecule has 52 heavy (non-hydrogen) atoms. The molecule has 6 atom stereocenters. The Bertz CT molecular complexity index is 1190. The summed E-state index contributed by atoms with van der Waals surface area (Å²) in [5, 5.41) is 0. The molecule has 6 unspecified atom stereocenters. The van der Waals surface area contributed by atoms with E-state index in [1.54, 1.807) is 6.08 Å². The highest BCUT2D eigenvalue weighted by atomic mass is 16.6. The average molecular weight is 727 g/mol. The Hall–Kier alpha value is -3.16. The molecule has 0 heterocycles. The van der Waals surface area contributed by atoms with Crippen LogP contribution in [0.1, 0.15) is 157 Å². The first kappa shape index (κ1) is 45.0. The van der Waals surface area contributed by atoms with E-state index in [-0.39, 0.29) is 53.7 Å². The van der Waals surface area contributed by atoms with Crippen LogP contribution < -0.4 is 0 Å². The highest BCUT2D eigenvalue weighted by molar-refractivity contribution is 5.74. The van der Waals surface area contributed by atoms with Gasteiger partial charge in [-0.3, -0.25) is 19.2 Å². The van der Waals surface area contributed by atoms with E-state index < -0.39 is 11.7 Å². The van der Waals surface area contributed by atoms with Crippen molar-refractivity contribution in [1.29, 1.82) is 0 Å². The Labute approximate surface area is 315 Å². The van der Waals surface area contributed by atoms with Gasteiger partial charge in [-0.2, -0.15) is 0 Å². The molecule has 0 aromatic heterocycles. The van der Waals surface area contributed by atoms with Gasteiger partial charge in [0.25, 0.3) is 0 Å². The van der Waals surface area contributed by atoms with E-state index in [1.165, 1.54) is 5.57 Å². The van der Waals surface area contributed by atoms with Crippen LogP contribution in [0.3, 0.4) is 0 Å². The molecule has 2 saturated carbocycles. The number of hydrogen-bond donors (Lipinski definition) is 0. The molecular weight excluding hydrogens is 656 g/mol. The van der Waals surface area contributed by atoms with Crippen LogP contribution in [0.4, 0.5) is 0 Å². The molecule has 8 nitrogen and oxygen atoms in total. The number of esters is 4. The summed E-state index contributed by atoms with van der Waals surface area (Å²) < 4.78 is 23.3. The number of ether oxygens (including phenoxy) is 4. The van der Waals surface area contributed by atoms with Gasteiger partial charge >= 0.3 is 23.9 Å². The van der Waals surface area contributed by atoms with Gasteiger partial charge in [0.15, 0.2) is 0 Å². The predicted octanol–water partition coefficient (Wildman–Crippen LogP) is 10.5. The first-order chi connectivity index (χ1) is 25.0. The van der Waals surface area contributed by atoms with E-state index in [4.69, 9.17) is 18.9 Å². The molecule has 2 aliphatic rings. The third-order valence-corrected chi connectivity index (χ3v) is 10.9. The second-order valence-electron chi connectivity index (χ2n) is 14.9. The maximum Gasteiger partial charge on any atom is 0.309 e. The minimum atomic E-state index is -0.592. The van der Waals surface area contributed by atoms with Crippen molar-refractivity contribution in [3.8, 4) is 0 Å². The zero-order valence-electron chi connectivity index (χ0n) is 33.3. The number of rotatable bonds is 27. The molecule has 0 bridgehead atoms. The van der Waals surface area contributed by atoms with Gasteiger partial charge in [-0.25, -0.2) is 0 Å². The molecule has 0 aromatic rings. The van der Waals surface area contributed by atoms with Gasteiger partial charge in [-0.1, -0.05) is 84.4 Å². The van der Waals surface area contributed by atoms with Crippen LogP contribution in [0.15, 0.2) is 48.6 Å². The Morgan fingerprint density at radius 2 is 1.31 bits per heavy atom. The predicted molar refractivity (Wildman–Crippen MR) is 207 cm³/mol. The van der Waals surface area contributed by atoms with Crippen LogP contribution in [0, 0.1) is 23.7 Å². The standard InChI is InChI=1S/C44H70O8/c1-8-14-15-18-31-49-41(46)35(10-3)23-16-17-28-44(29-20-30-44)52-43(48)37(12-5)24-26-38(13-6)50-42(47)36(11-4)25-27-39(32-34-21-19-22-34)51-40(45)33(7)9-2/h13,15,17-18,28,32-33,35-39H,6,8-12,14,16,19-27,29-31H2,1-5,7H3/b18-15+,28-17+. The van der Waals surface area contributed by atoms with E-state index >= 15 is 0 Å². The first-order valence-electron chi connectivity index (χ1n) is 20.5. The number of hydrogen-bond acceptors (Lipinski definition) is 8. The van der Waals surface area contributed by atoms with Gasteiger partial charge in [0.1, 0.15) is 24.4 Å². The highest BCUT2D eigenvalue weighted by Crippen LogP contribution is 2.38. The third kappa shape index (κ3) is 15.8. The Kier molecular flexibility index (Phi) is 21.6. The van der Waals surface area contributed by atoms with Crippen molar-refractivity contribution >= 4 is 23.9 Å². The third-order valence-electron chi connectivity index (χ3n) is 10.9. The number of carbonyl (C=O) groups excluding carboxylic acids is 4. The van der Waals surface area contributed by atoms with E-state index in [9.17, 15) is 19.2 Å². The summed E-state index contributed by atoms with van der Waals surface area (Å²) in [7, 11) is 0. The molecule has 0 radical (unpaired) electrons. The normalized spacial score (nSPS) is 18.6. The van der Waals surface area contributed by atoms with Crippen molar-refractivity contribution < 1.29 is 38.1 Å². The molecule has 0 N–H and O–H groups in total. The minimum Gasteiger partial charge on any atom is -0.461 e. The molecule has 0 saturated heterocycles. The topological polar surface area (TPSA) is 105 Å². The van der Waals surface area contributed by atoms with E-state index in [1.807, 2.05) is 58.9 Å². The fraction of sp³-hybridized carbons (Fsp3) is 0.727. The Morgan fingerprint density at radius 3 is 1.85 bits per heavy atom. The lowest BCUT2D eigenvalue weighted by Gasteiger charge is -2.39. The van der Waals surface area contributed by atoms with Crippen LogP contribution in [0.25, 0.3) is 0 Å². The summed E-state index contributed by atoms with van der Waals surface area (Å²) in [4.78, 5) is 51.8. The Balaban J connectivity index is 1.87. The van der Waals surface area contributed by atoms with Crippen molar-refractivity contribution in [2.45, 2.75) is 175 Å². The van der Waals surface area contributed by atoms with Crippen LogP contribution in [0.2, 0.25) is 0 Å². The van der Waals surface area contributed by atoms with Crippen molar-refractivity contribution in [2.75, 3.05) is 6.61 Å². The van der Waals surface area contributed by atoms with Gasteiger partial charge in [0.2, 0.25) is 0 Å². The molecule has 2 rings (SSSR count). The summed E-state index contributed by atoms with van der Waals surface area (Å²) in [6.45, 7) is 16.1. The lowest BCUT2D eigenvalue weighted by atomic mass is 9.79. The van der Waals surface area contributed by atoms with Crippen molar-refractivity contribution in [3.63, 3.8) is 0 Å². The monoisotopic (exact) mass is 727 g/mol. The van der Waals surface area contributed by atoms with Crippen molar-refractivity contribution in [1.82, 2.24) is 0 Å². The molecule has 2 fully saturated rings. The second-order valence-corrected chi connectivity index (χ2v) is 14.9. The van der Waals surface area contributed by atoms with E-state index in [0.717, 1.165) is 64.2 Å². The summed E-state index contributed by atoms with van der Waals surface area (Å²) in [5.74, 6) is -1.82. The maximum atomic E-state index is 13.4. The van der Waals surface area contributed by atoms with E-state index in [2.05, 4.69) is 19.6 Å². The summed E-state index contributed by atoms with van der Waals surface area (Å²) >= 11 is 0. The summed E-state index contributed by atoms with van der Waals surface area (Å²) in [6.07, 6.45) is 24.9. The van der Waals surface area contributed by atoms with Crippen LogP contribution in [-0.4, -0.2) is 48.3 Å². The molecular formula is C44H70O8. The fourth-order valence-corrected chi connectivity index (χ4v) is 6.39. The average Bonchev–Trinajstić information content (AvgIpc) is 3.10. The largest absolute Gasteiger partial charge is 0.461 e. The lowest BCUT2D eigenvalue weighted by Crippen LogP contribution is -2.41. The van der Waals surface area contributed by atoms with Crippen LogP contribution >= 0.6 is 0 Å². The SMILES string of the molecule is C=CC(CCC(CC)C(=O)OC1(/C=C/CCC(CC)C(=O)OC/C=C/CCC)CCC1)OC(=O)C(CC)CCC(C=C1CCC1)OC(=O)C(C)CC. The summed E-state index contributed by atoms with van der Waals surface area (Å²) in [5.41, 5.74) is 0.725. The smallest absolute Gasteiger partial charge is 0.309 e. The van der Waals surface area contributed by atoms with Gasteiger partial charge in [0.05, 0.1) is 23.7 Å². The zero-order valence-corrected chi connectivity index (χ0v) is 33.3. The van der Waals surface area contributed by atoms with Crippen molar-refractivity contribution in [3.05, 3.63) is 48.6 Å². The first-order valence-corrected chi connectivity index (χ1v) is 20.5. The van der Waals surface area contributed by atoms with Gasteiger partial charge < -0.3 is 18.9 Å². The molecule has 0 amide bonds. The van der Waals surface area contributed by atoms with Crippen LogP contribution in [-0.2, 0) is 38.1 Å². The molecule has 0 spiro atoms. The van der Waals surface area contributed by atoms with E-state index in [0.29, 0.717) is 58.0 Å². The quantitative estimate of drug-likeness (QED) is 0.0468. The number of carbonyl (C=O) groups is 4. The Morgan fingerprint density at radius 1 is 0.692 bits per heavy atom. The van der Waals surface area contributed by atoms with Gasteiger partial charge in [-0.05, 0) is 121 Å². The summed E-state index contributed by atoms with van der Waals surface area (Å²) in [6, 6.07) is 0. The highest BCUT2D eigenvalue weighted by Gasteiger charge is 2.40. The molecule has 0 aliphatic heterocycles. The zero-order chi connectivity index (χ0) is 38.4. The fourth-order valence-electron chi connectivity index (χ4n) is 6.39. The molecule has 0 aromatic carbocycles. The number of unbranched alkanes of at least 4 members (excludes halogenated alkanes) is 1. The number of allylic oxidation sites excluding steroid dienone is 3. The van der Waals surface area contributed by atoms with Gasteiger partial charge in [-0.15, -0.1) is 0 Å². The minimum absolute atomic E-state index is 0.154.